The summed E-state index contributed by atoms with van der Waals surface area (Å²) in [6, 6.07) is 6.61. The van der Waals surface area contributed by atoms with Crippen LogP contribution in [-0.2, 0) is 0 Å². The Morgan fingerprint density at radius 1 is 1.09 bits per heavy atom. The summed E-state index contributed by atoms with van der Waals surface area (Å²) in [5.41, 5.74) is 8.66. The highest BCUT2D eigenvalue weighted by molar-refractivity contribution is 5.74. The van der Waals surface area contributed by atoms with Gasteiger partial charge in [0.05, 0.1) is 0 Å². The van der Waals surface area contributed by atoms with Crippen molar-refractivity contribution in [3.63, 3.8) is 0 Å². The molecule has 0 amide bonds. The Labute approximate surface area is 134 Å². The maximum atomic E-state index is 4.32. The van der Waals surface area contributed by atoms with E-state index in [4.69, 9.17) is 0 Å². The normalized spacial score (nSPS) is 15.3. The molecule has 0 fully saturated rings. The maximum Gasteiger partial charge on any atom is 0.0110 e. The number of nitrogens with zero attached hydrogens (tertiary/aromatic N) is 1. The van der Waals surface area contributed by atoms with Gasteiger partial charge in [-0.1, -0.05) is 42.5 Å². The average Bonchev–Trinajstić information content (AvgIpc) is 2.69. The van der Waals surface area contributed by atoms with E-state index in [2.05, 4.69) is 75.7 Å². The minimum Gasteiger partial charge on any atom is -0.357 e. The van der Waals surface area contributed by atoms with Gasteiger partial charge >= 0.3 is 0 Å². The smallest absolute Gasteiger partial charge is 0.0110 e. The molecule has 0 radical (unpaired) electrons. The first-order valence-electron chi connectivity index (χ1n) is 7.63. The number of benzene rings is 1. The van der Waals surface area contributed by atoms with Crippen LogP contribution in [0.3, 0.4) is 0 Å². The summed E-state index contributed by atoms with van der Waals surface area (Å²) in [5, 5.41) is 0. The third kappa shape index (κ3) is 3.48. The van der Waals surface area contributed by atoms with Crippen LogP contribution >= 0.6 is 0 Å². The average molecular weight is 291 g/mol. The zero-order valence-corrected chi connectivity index (χ0v) is 14.3. The molecule has 0 unspecified atom stereocenters. The zero-order valence-electron chi connectivity index (χ0n) is 14.3. The van der Waals surface area contributed by atoms with Crippen molar-refractivity contribution in [1.29, 1.82) is 0 Å². The molecule has 0 N–H and O–H groups in total. The van der Waals surface area contributed by atoms with E-state index in [0.29, 0.717) is 0 Å². The Hall–Kier alpha value is -2.28. The minimum atomic E-state index is 1.07. The molecule has 0 bridgehead atoms. The first-order chi connectivity index (χ1) is 10.4. The van der Waals surface area contributed by atoms with Crippen LogP contribution in [0.1, 0.15) is 30.5 Å². The molecule has 0 saturated heterocycles. The quantitative estimate of drug-likeness (QED) is 0.660. The van der Waals surface area contributed by atoms with Gasteiger partial charge in [-0.2, -0.15) is 0 Å². The predicted molar refractivity (Wildman–Crippen MR) is 97.5 cm³/mol. The van der Waals surface area contributed by atoms with Crippen molar-refractivity contribution in [3.05, 3.63) is 88.8 Å². The van der Waals surface area contributed by atoms with Gasteiger partial charge in [-0.05, 0) is 67.2 Å². The molecule has 1 heterocycles. The summed E-state index contributed by atoms with van der Waals surface area (Å²) in [5.74, 6) is 0. The molecule has 2 rings (SSSR count). The minimum absolute atomic E-state index is 1.07. The lowest BCUT2D eigenvalue weighted by molar-refractivity contribution is 0.624. The van der Waals surface area contributed by atoms with E-state index in [0.717, 1.165) is 11.1 Å². The number of allylic oxidation sites excluding steroid dienone is 7. The van der Waals surface area contributed by atoms with Gasteiger partial charge in [0, 0.05) is 19.4 Å². The van der Waals surface area contributed by atoms with Crippen molar-refractivity contribution >= 4 is 5.57 Å². The Morgan fingerprint density at radius 2 is 1.82 bits per heavy atom. The highest BCUT2D eigenvalue weighted by atomic mass is 15.0. The lowest BCUT2D eigenvalue weighted by atomic mass is 9.91. The van der Waals surface area contributed by atoms with Gasteiger partial charge in [0.25, 0.3) is 0 Å². The van der Waals surface area contributed by atoms with Crippen molar-refractivity contribution in [2.24, 2.45) is 0 Å². The summed E-state index contributed by atoms with van der Waals surface area (Å²) < 4.78 is 0. The van der Waals surface area contributed by atoms with Crippen LogP contribution in [0, 0.1) is 13.8 Å². The van der Waals surface area contributed by atoms with Gasteiger partial charge in [-0.25, -0.2) is 0 Å². The van der Waals surface area contributed by atoms with Crippen LogP contribution in [0.4, 0.5) is 0 Å². The number of rotatable bonds is 3. The molecule has 22 heavy (non-hydrogen) atoms. The van der Waals surface area contributed by atoms with Crippen molar-refractivity contribution in [3.8, 4) is 0 Å². The molecule has 0 spiro atoms. The van der Waals surface area contributed by atoms with E-state index in [1.54, 1.807) is 0 Å². The fraction of sp³-hybridized carbons (Fsp3) is 0.238. The van der Waals surface area contributed by atoms with Crippen LogP contribution in [0.25, 0.3) is 5.57 Å². The second-order valence-corrected chi connectivity index (χ2v) is 6.00. The van der Waals surface area contributed by atoms with E-state index >= 15 is 0 Å². The van der Waals surface area contributed by atoms with Crippen molar-refractivity contribution in [2.75, 3.05) is 7.05 Å². The highest BCUT2D eigenvalue weighted by Gasteiger charge is 2.10. The second kappa shape index (κ2) is 6.65. The number of hydrogen-bond donors (Lipinski definition) is 0. The van der Waals surface area contributed by atoms with E-state index in [1.165, 1.54) is 27.8 Å². The molecule has 1 heteroatoms. The number of hydrogen-bond acceptors (Lipinski definition) is 1. The molecule has 1 aromatic rings. The topological polar surface area (TPSA) is 3.24 Å². The summed E-state index contributed by atoms with van der Waals surface area (Å²) in [6.45, 7) is 13.0. The van der Waals surface area contributed by atoms with Gasteiger partial charge in [0.1, 0.15) is 0 Å². The van der Waals surface area contributed by atoms with E-state index in [9.17, 15) is 0 Å². The Balaban J connectivity index is 2.40. The monoisotopic (exact) mass is 291 g/mol. The van der Waals surface area contributed by atoms with E-state index in [1.807, 2.05) is 19.3 Å². The molecular formula is C21H25N. The SMILES string of the molecule is C=C(C1=CN(C)C=CC=C1)/C(C)=C(\C)c1ccc(C)cc1C. The zero-order chi connectivity index (χ0) is 16.3. The fourth-order valence-corrected chi connectivity index (χ4v) is 2.71. The van der Waals surface area contributed by atoms with Crippen LogP contribution < -0.4 is 0 Å². The van der Waals surface area contributed by atoms with Gasteiger partial charge in [0.15, 0.2) is 0 Å². The van der Waals surface area contributed by atoms with Crippen LogP contribution in [-0.4, -0.2) is 11.9 Å². The van der Waals surface area contributed by atoms with Crippen LogP contribution in [0.15, 0.2) is 72.1 Å². The Bertz CT molecular complexity index is 711. The molecule has 1 aliphatic heterocycles. The van der Waals surface area contributed by atoms with Crippen molar-refractivity contribution in [2.45, 2.75) is 27.7 Å². The van der Waals surface area contributed by atoms with E-state index < -0.39 is 0 Å². The summed E-state index contributed by atoms with van der Waals surface area (Å²) in [6.07, 6.45) is 10.3. The number of aryl methyl sites for hydroxylation is 2. The summed E-state index contributed by atoms with van der Waals surface area (Å²) >= 11 is 0. The summed E-state index contributed by atoms with van der Waals surface area (Å²) in [7, 11) is 2.03. The molecule has 114 valence electrons. The first kappa shape index (κ1) is 16.1. The second-order valence-electron chi connectivity index (χ2n) is 6.00. The third-order valence-corrected chi connectivity index (χ3v) is 4.20. The van der Waals surface area contributed by atoms with E-state index in [-0.39, 0.29) is 0 Å². The lowest BCUT2D eigenvalue weighted by Gasteiger charge is -2.16. The van der Waals surface area contributed by atoms with Gasteiger partial charge in [0.2, 0.25) is 0 Å². The fourth-order valence-electron chi connectivity index (χ4n) is 2.71. The van der Waals surface area contributed by atoms with Gasteiger partial charge in [-0.15, -0.1) is 0 Å². The maximum absolute atomic E-state index is 4.32. The molecule has 1 aromatic carbocycles. The van der Waals surface area contributed by atoms with Crippen molar-refractivity contribution in [1.82, 2.24) is 4.90 Å². The molecular weight excluding hydrogens is 266 g/mol. The summed E-state index contributed by atoms with van der Waals surface area (Å²) in [4.78, 5) is 2.06. The third-order valence-electron chi connectivity index (χ3n) is 4.20. The molecule has 0 aliphatic carbocycles. The first-order valence-corrected chi connectivity index (χ1v) is 7.63. The molecule has 0 aromatic heterocycles. The van der Waals surface area contributed by atoms with Gasteiger partial charge in [-0.3, -0.25) is 0 Å². The van der Waals surface area contributed by atoms with Crippen LogP contribution in [0.5, 0.6) is 0 Å². The molecule has 0 saturated carbocycles. The Kier molecular flexibility index (Phi) is 4.87. The lowest BCUT2D eigenvalue weighted by Crippen LogP contribution is -2.02. The molecule has 0 atom stereocenters. The standard InChI is InChI=1S/C21H25N/c1-15-10-11-21(16(2)13-15)19(5)17(3)18(4)20-9-7-8-12-22(6)14-20/h7-14H,4H2,1-3,5-6H3/b19-17+. The van der Waals surface area contributed by atoms with Gasteiger partial charge < -0.3 is 4.90 Å². The molecule has 1 nitrogen and oxygen atoms in total. The largest absolute Gasteiger partial charge is 0.357 e. The predicted octanol–water partition coefficient (Wildman–Crippen LogP) is 5.55. The van der Waals surface area contributed by atoms with Crippen molar-refractivity contribution < 1.29 is 0 Å². The Morgan fingerprint density at radius 3 is 2.50 bits per heavy atom. The highest BCUT2D eigenvalue weighted by Crippen LogP contribution is 2.29. The van der Waals surface area contributed by atoms with Crippen LogP contribution in [0.2, 0.25) is 0 Å². The molecule has 1 aliphatic rings.